The number of carbonyl (C=O) groups is 1. The van der Waals surface area contributed by atoms with Gasteiger partial charge in [0.2, 0.25) is 0 Å². The molecule has 0 bridgehead atoms. The molecule has 0 saturated heterocycles. The molecule has 5 nitrogen and oxygen atoms in total. The highest BCUT2D eigenvalue weighted by molar-refractivity contribution is 6.39. The molecule has 1 rings (SSSR count). The number of anilines is 1. The molecule has 24 heavy (non-hydrogen) atoms. The minimum Gasteiger partial charge on any atom is -0.444 e. The van der Waals surface area contributed by atoms with Crippen LogP contribution in [0.1, 0.15) is 26.3 Å². The molecule has 0 aliphatic rings. The van der Waals surface area contributed by atoms with Crippen LogP contribution in [0.2, 0.25) is 10.0 Å². The van der Waals surface area contributed by atoms with Crippen LogP contribution in [0.25, 0.3) is 0 Å². The lowest BCUT2D eigenvalue weighted by Crippen LogP contribution is -2.48. The number of rotatable bonds is 3. The van der Waals surface area contributed by atoms with Gasteiger partial charge in [0.1, 0.15) is 5.60 Å². The van der Waals surface area contributed by atoms with Gasteiger partial charge in [-0.2, -0.15) is 13.2 Å². The van der Waals surface area contributed by atoms with E-state index in [1.54, 1.807) is 20.8 Å². The minimum atomic E-state index is -5.03. The average Bonchev–Trinajstić information content (AvgIpc) is 2.38. The third kappa shape index (κ3) is 4.66. The molecule has 0 radical (unpaired) electrons. The van der Waals surface area contributed by atoms with E-state index < -0.39 is 35.6 Å². The molecule has 0 spiro atoms. The van der Waals surface area contributed by atoms with Crippen LogP contribution < -0.4 is 11.1 Å². The van der Waals surface area contributed by atoms with E-state index in [-0.39, 0.29) is 15.7 Å². The van der Waals surface area contributed by atoms with Crippen LogP contribution in [-0.2, 0) is 10.3 Å². The maximum atomic E-state index is 13.0. The van der Waals surface area contributed by atoms with E-state index in [1.165, 1.54) is 0 Å². The van der Waals surface area contributed by atoms with Gasteiger partial charge in [-0.1, -0.05) is 23.2 Å². The number of ether oxygens (including phenoxy) is 1. The Morgan fingerprint density at radius 1 is 1.25 bits per heavy atom. The first-order valence-corrected chi connectivity index (χ1v) is 7.45. The first-order valence-electron chi connectivity index (χ1n) is 6.70. The molecule has 1 aromatic rings. The Labute approximate surface area is 146 Å². The molecule has 0 fully saturated rings. The van der Waals surface area contributed by atoms with Gasteiger partial charge in [0.05, 0.1) is 15.7 Å². The van der Waals surface area contributed by atoms with Gasteiger partial charge in [0.25, 0.3) is 0 Å². The molecule has 136 valence electrons. The van der Waals surface area contributed by atoms with Crippen molar-refractivity contribution in [3.8, 4) is 0 Å². The third-order valence-electron chi connectivity index (χ3n) is 2.91. The van der Waals surface area contributed by atoms with Crippen LogP contribution in [0.4, 0.5) is 23.7 Å². The summed E-state index contributed by atoms with van der Waals surface area (Å²) >= 11 is 11.8. The first-order chi connectivity index (χ1) is 10.7. The Hall–Kier alpha value is -1.22. The van der Waals surface area contributed by atoms with E-state index in [0.29, 0.717) is 0 Å². The topological polar surface area (TPSA) is 84.6 Å². The molecule has 1 atom stereocenters. The summed E-state index contributed by atoms with van der Waals surface area (Å²) < 4.78 is 44.1. The number of benzene rings is 1. The maximum absolute atomic E-state index is 13.0. The van der Waals surface area contributed by atoms with Crippen molar-refractivity contribution in [3.05, 3.63) is 27.7 Å². The van der Waals surface area contributed by atoms with Crippen molar-refractivity contribution in [2.45, 2.75) is 38.1 Å². The number of hydrogen-bond donors (Lipinski definition) is 3. The minimum absolute atomic E-state index is 0.141. The lowest BCUT2D eigenvalue weighted by Gasteiger charge is -2.30. The second-order valence-electron chi connectivity index (χ2n) is 6.00. The number of nitrogens with two attached hydrogens (primary N) is 1. The van der Waals surface area contributed by atoms with Gasteiger partial charge in [0.15, 0.2) is 5.60 Å². The highest BCUT2D eigenvalue weighted by Crippen LogP contribution is 2.42. The van der Waals surface area contributed by atoms with Gasteiger partial charge in [-0.05, 0) is 38.5 Å². The van der Waals surface area contributed by atoms with Crippen molar-refractivity contribution in [1.82, 2.24) is 0 Å². The van der Waals surface area contributed by atoms with Crippen LogP contribution >= 0.6 is 23.2 Å². The molecule has 0 aliphatic heterocycles. The Balaban J connectivity index is 3.22. The Kier molecular flexibility index (Phi) is 6.03. The molecule has 0 saturated carbocycles. The highest BCUT2D eigenvalue weighted by Gasteiger charge is 2.54. The lowest BCUT2D eigenvalue weighted by atomic mass is 9.93. The summed E-state index contributed by atoms with van der Waals surface area (Å²) in [6, 6.07) is 1.67. The Morgan fingerprint density at radius 2 is 1.71 bits per heavy atom. The molecule has 4 N–H and O–H groups in total. The summed E-state index contributed by atoms with van der Waals surface area (Å²) in [7, 11) is 0. The number of alkyl halides is 3. The quantitative estimate of drug-likeness (QED) is 0.728. The van der Waals surface area contributed by atoms with Gasteiger partial charge >= 0.3 is 12.3 Å². The van der Waals surface area contributed by atoms with Gasteiger partial charge in [-0.3, -0.25) is 5.32 Å². The van der Waals surface area contributed by atoms with Gasteiger partial charge in [-0.15, -0.1) is 0 Å². The Morgan fingerprint density at radius 3 is 2.04 bits per heavy atom. The summed E-state index contributed by atoms with van der Waals surface area (Å²) in [6.45, 7) is 3.76. The Bertz CT molecular complexity index is 610. The normalized spacial score (nSPS) is 14.9. The van der Waals surface area contributed by atoms with E-state index in [4.69, 9.17) is 33.7 Å². The zero-order valence-corrected chi connectivity index (χ0v) is 14.6. The average molecular weight is 389 g/mol. The number of carbonyl (C=O) groups excluding carboxylic acids is 1. The predicted molar refractivity (Wildman–Crippen MR) is 85.3 cm³/mol. The monoisotopic (exact) mass is 388 g/mol. The predicted octanol–water partition coefficient (Wildman–Crippen LogP) is 4.05. The lowest BCUT2D eigenvalue weighted by molar-refractivity contribution is -0.262. The van der Waals surface area contributed by atoms with Crippen LogP contribution in [0.5, 0.6) is 0 Å². The number of amides is 1. The van der Waals surface area contributed by atoms with E-state index in [2.05, 4.69) is 5.32 Å². The van der Waals surface area contributed by atoms with Crippen molar-refractivity contribution >= 4 is 35.0 Å². The third-order valence-corrected chi connectivity index (χ3v) is 3.51. The number of halogens is 5. The van der Waals surface area contributed by atoms with E-state index in [1.807, 2.05) is 0 Å². The van der Waals surface area contributed by atoms with Crippen molar-refractivity contribution in [2.75, 3.05) is 11.9 Å². The second kappa shape index (κ2) is 6.95. The molecular formula is C14H17Cl2F3N2O3. The van der Waals surface area contributed by atoms with Gasteiger partial charge < -0.3 is 15.6 Å². The standard InChI is InChI=1S/C14H17Cl2F3N2O3/c1-12(2,3)24-11(22)21-10-8(15)4-7(5-9(10)16)13(23,6-20)14(17,18)19/h4-5,23H,6,20H2,1-3H3,(H,21,22). The van der Waals surface area contributed by atoms with Crippen molar-refractivity contribution in [3.63, 3.8) is 0 Å². The molecule has 10 heteroatoms. The largest absolute Gasteiger partial charge is 0.444 e. The molecule has 0 heterocycles. The zero-order valence-electron chi connectivity index (χ0n) is 13.1. The van der Waals surface area contributed by atoms with Crippen LogP contribution in [-0.4, -0.2) is 29.5 Å². The maximum Gasteiger partial charge on any atom is 0.422 e. The zero-order chi connectivity index (χ0) is 18.9. The summed E-state index contributed by atoms with van der Waals surface area (Å²) in [5.74, 6) is 0. The molecular weight excluding hydrogens is 372 g/mol. The van der Waals surface area contributed by atoms with Gasteiger partial charge in [0, 0.05) is 6.54 Å². The summed E-state index contributed by atoms with van der Waals surface area (Å²) in [5, 5.41) is 11.5. The van der Waals surface area contributed by atoms with E-state index >= 15 is 0 Å². The summed E-state index contributed by atoms with van der Waals surface area (Å²) in [5.41, 5.74) is 0.183. The van der Waals surface area contributed by atoms with E-state index in [0.717, 1.165) is 12.1 Å². The fraction of sp³-hybridized carbons (Fsp3) is 0.500. The van der Waals surface area contributed by atoms with Crippen LogP contribution in [0.15, 0.2) is 12.1 Å². The van der Waals surface area contributed by atoms with E-state index in [9.17, 15) is 23.1 Å². The van der Waals surface area contributed by atoms with Crippen LogP contribution in [0.3, 0.4) is 0 Å². The van der Waals surface area contributed by atoms with Crippen molar-refractivity contribution in [2.24, 2.45) is 5.73 Å². The molecule has 0 aromatic heterocycles. The summed E-state index contributed by atoms with van der Waals surface area (Å²) in [4.78, 5) is 11.7. The highest BCUT2D eigenvalue weighted by atomic mass is 35.5. The number of nitrogens with one attached hydrogen (secondary N) is 1. The smallest absolute Gasteiger partial charge is 0.422 e. The SMILES string of the molecule is CC(C)(C)OC(=O)Nc1c(Cl)cc(C(O)(CN)C(F)(F)F)cc1Cl. The first kappa shape index (κ1) is 20.8. The summed E-state index contributed by atoms with van der Waals surface area (Å²) in [6.07, 6.45) is -5.92. The fourth-order valence-electron chi connectivity index (χ4n) is 1.73. The molecule has 1 unspecified atom stereocenters. The molecule has 0 aliphatic carbocycles. The van der Waals surface area contributed by atoms with Crippen molar-refractivity contribution in [1.29, 1.82) is 0 Å². The van der Waals surface area contributed by atoms with Crippen LogP contribution in [0, 0.1) is 0 Å². The van der Waals surface area contributed by atoms with Gasteiger partial charge in [-0.25, -0.2) is 4.79 Å². The molecule has 1 amide bonds. The van der Waals surface area contributed by atoms with Crippen molar-refractivity contribution < 1.29 is 27.8 Å². The number of hydrogen-bond acceptors (Lipinski definition) is 4. The number of aliphatic hydroxyl groups is 1. The second-order valence-corrected chi connectivity index (χ2v) is 6.82. The molecule has 1 aromatic carbocycles. The fourth-order valence-corrected chi connectivity index (χ4v) is 2.32.